The molecule has 2 rings (SSSR count). The molecule has 0 bridgehead atoms. The Morgan fingerprint density at radius 2 is 2.15 bits per heavy atom. The maximum atomic E-state index is 11.4. The van der Waals surface area contributed by atoms with Crippen LogP contribution < -0.4 is 10.6 Å². The summed E-state index contributed by atoms with van der Waals surface area (Å²) < 4.78 is 0. The molecule has 0 aromatic rings. The SMILES string of the molecule is CC1CC=C2NC(=O)NC(=O)C2C1. The van der Waals surface area contributed by atoms with Gasteiger partial charge in [-0.05, 0) is 18.8 Å². The summed E-state index contributed by atoms with van der Waals surface area (Å²) in [7, 11) is 0. The minimum absolute atomic E-state index is 0.138. The van der Waals surface area contributed by atoms with E-state index in [4.69, 9.17) is 0 Å². The molecule has 2 aliphatic rings. The summed E-state index contributed by atoms with van der Waals surface area (Å²) >= 11 is 0. The van der Waals surface area contributed by atoms with Crippen LogP contribution in [-0.4, -0.2) is 11.9 Å². The molecule has 4 heteroatoms. The van der Waals surface area contributed by atoms with Crippen LogP contribution in [0.2, 0.25) is 0 Å². The van der Waals surface area contributed by atoms with Crippen molar-refractivity contribution in [3.63, 3.8) is 0 Å². The van der Waals surface area contributed by atoms with Crippen LogP contribution in [0.25, 0.3) is 0 Å². The molecule has 1 fully saturated rings. The van der Waals surface area contributed by atoms with Crippen LogP contribution in [0.15, 0.2) is 11.8 Å². The first-order chi connectivity index (χ1) is 6.16. The lowest BCUT2D eigenvalue weighted by atomic mass is 9.84. The van der Waals surface area contributed by atoms with E-state index in [-0.39, 0.29) is 11.8 Å². The minimum Gasteiger partial charge on any atom is -0.311 e. The molecule has 0 spiro atoms. The Labute approximate surface area is 76.4 Å². The molecule has 70 valence electrons. The van der Waals surface area contributed by atoms with Gasteiger partial charge in [-0.2, -0.15) is 0 Å². The van der Waals surface area contributed by atoms with E-state index in [0.29, 0.717) is 5.92 Å². The van der Waals surface area contributed by atoms with Crippen molar-refractivity contribution in [3.8, 4) is 0 Å². The van der Waals surface area contributed by atoms with Gasteiger partial charge >= 0.3 is 6.03 Å². The fourth-order valence-electron chi connectivity index (χ4n) is 1.84. The smallest absolute Gasteiger partial charge is 0.311 e. The Morgan fingerprint density at radius 1 is 1.38 bits per heavy atom. The fourth-order valence-corrected chi connectivity index (χ4v) is 1.84. The van der Waals surface area contributed by atoms with Crippen LogP contribution in [0.4, 0.5) is 4.79 Å². The topological polar surface area (TPSA) is 58.2 Å². The summed E-state index contributed by atoms with van der Waals surface area (Å²) in [5.41, 5.74) is 0.784. The molecular weight excluding hydrogens is 168 g/mol. The number of fused-ring (bicyclic) bond motifs is 1. The number of urea groups is 1. The second-order valence-electron chi connectivity index (χ2n) is 3.73. The molecule has 13 heavy (non-hydrogen) atoms. The normalized spacial score (nSPS) is 32.8. The highest BCUT2D eigenvalue weighted by Gasteiger charge is 2.33. The first-order valence-electron chi connectivity index (χ1n) is 4.48. The lowest BCUT2D eigenvalue weighted by Gasteiger charge is -2.30. The summed E-state index contributed by atoms with van der Waals surface area (Å²) in [5, 5.41) is 4.93. The lowest BCUT2D eigenvalue weighted by molar-refractivity contribution is -0.124. The van der Waals surface area contributed by atoms with E-state index in [1.165, 1.54) is 0 Å². The number of hydrogen-bond donors (Lipinski definition) is 2. The number of amides is 3. The van der Waals surface area contributed by atoms with Gasteiger partial charge in [0.15, 0.2) is 0 Å². The molecule has 2 unspecified atom stereocenters. The highest BCUT2D eigenvalue weighted by atomic mass is 16.2. The molecule has 4 nitrogen and oxygen atoms in total. The summed E-state index contributed by atoms with van der Waals surface area (Å²) in [6.07, 6.45) is 3.73. The zero-order valence-electron chi connectivity index (χ0n) is 7.46. The number of carbonyl (C=O) groups is 2. The number of nitrogens with one attached hydrogen (secondary N) is 2. The molecule has 2 N–H and O–H groups in total. The monoisotopic (exact) mass is 180 g/mol. The van der Waals surface area contributed by atoms with Gasteiger partial charge in [-0.25, -0.2) is 4.79 Å². The standard InChI is InChI=1S/C9H12N2O2/c1-5-2-3-7-6(4-5)8(12)11-9(13)10-7/h3,5-6H,2,4H2,1H3,(H2,10,11,12,13). The van der Waals surface area contributed by atoms with Gasteiger partial charge in [0.2, 0.25) is 5.91 Å². The zero-order chi connectivity index (χ0) is 9.42. The van der Waals surface area contributed by atoms with E-state index in [0.717, 1.165) is 18.5 Å². The van der Waals surface area contributed by atoms with Crippen LogP contribution in [0.3, 0.4) is 0 Å². The van der Waals surface area contributed by atoms with E-state index in [1.807, 2.05) is 6.08 Å². The molecule has 0 radical (unpaired) electrons. The Kier molecular flexibility index (Phi) is 1.83. The number of allylic oxidation sites excluding steroid dienone is 1. The number of hydrogen-bond acceptors (Lipinski definition) is 2. The maximum absolute atomic E-state index is 11.4. The van der Waals surface area contributed by atoms with Crippen LogP contribution in [0.1, 0.15) is 19.8 Å². The van der Waals surface area contributed by atoms with Crippen molar-refractivity contribution in [2.45, 2.75) is 19.8 Å². The Balaban J connectivity index is 2.24. The van der Waals surface area contributed by atoms with Crippen molar-refractivity contribution in [2.24, 2.45) is 11.8 Å². The summed E-state index contributed by atoms with van der Waals surface area (Å²) in [4.78, 5) is 22.3. The summed E-state index contributed by atoms with van der Waals surface area (Å²) in [5.74, 6) is 0.220. The molecule has 1 aliphatic carbocycles. The van der Waals surface area contributed by atoms with Crippen molar-refractivity contribution < 1.29 is 9.59 Å². The van der Waals surface area contributed by atoms with Crippen LogP contribution in [-0.2, 0) is 4.79 Å². The largest absolute Gasteiger partial charge is 0.325 e. The van der Waals surface area contributed by atoms with Gasteiger partial charge in [0.25, 0.3) is 0 Å². The number of rotatable bonds is 0. The first kappa shape index (κ1) is 8.29. The van der Waals surface area contributed by atoms with E-state index in [9.17, 15) is 9.59 Å². The quantitative estimate of drug-likeness (QED) is 0.578. The van der Waals surface area contributed by atoms with Gasteiger partial charge in [0, 0.05) is 5.70 Å². The van der Waals surface area contributed by atoms with Crippen LogP contribution in [0, 0.1) is 11.8 Å². The highest BCUT2D eigenvalue weighted by molar-refractivity contribution is 6.00. The Morgan fingerprint density at radius 3 is 2.92 bits per heavy atom. The minimum atomic E-state index is -0.401. The first-order valence-corrected chi connectivity index (χ1v) is 4.48. The lowest BCUT2D eigenvalue weighted by Crippen LogP contribution is -2.51. The van der Waals surface area contributed by atoms with Crippen molar-refractivity contribution in [1.29, 1.82) is 0 Å². The molecule has 3 amide bonds. The molecule has 2 atom stereocenters. The molecule has 1 aliphatic heterocycles. The van der Waals surface area contributed by atoms with Crippen LogP contribution >= 0.6 is 0 Å². The summed E-state index contributed by atoms with van der Waals surface area (Å²) in [6.45, 7) is 2.11. The van der Waals surface area contributed by atoms with E-state index >= 15 is 0 Å². The number of carbonyl (C=O) groups excluding carboxylic acids is 2. The van der Waals surface area contributed by atoms with Crippen molar-refractivity contribution in [2.75, 3.05) is 0 Å². The average Bonchev–Trinajstić information content (AvgIpc) is 2.06. The van der Waals surface area contributed by atoms with Crippen molar-refractivity contribution in [1.82, 2.24) is 10.6 Å². The Bertz CT molecular complexity index is 296. The van der Waals surface area contributed by atoms with Crippen LogP contribution in [0.5, 0.6) is 0 Å². The molecule has 0 aromatic carbocycles. The molecule has 1 saturated heterocycles. The van der Waals surface area contributed by atoms with E-state index in [1.54, 1.807) is 0 Å². The molecule has 1 heterocycles. The fraction of sp³-hybridized carbons (Fsp3) is 0.556. The van der Waals surface area contributed by atoms with Gasteiger partial charge in [-0.1, -0.05) is 13.0 Å². The molecule has 0 aromatic heterocycles. The predicted octanol–water partition coefficient (Wildman–Crippen LogP) is 0.756. The van der Waals surface area contributed by atoms with Crippen molar-refractivity contribution >= 4 is 11.9 Å². The second-order valence-corrected chi connectivity index (χ2v) is 3.73. The maximum Gasteiger partial charge on any atom is 0.325 e. The second kappa shape index (κ2) is 2.87. The highest BCUT2D eigenvalue weighted by Crippen LogP contribution is 2.28. The number of imide groups is 1. The zero-order valence-corrected chi connectivity index (χ0v) is 7.46. The third-order valence-corrected chi connectivity index (χ3v) is 2.56. The van der Waals surface area contributed by atoms with Gasteiger partial charge in [-0.3, -0.25) is 10.1 Å². The molecule has 0 saturated carbocycles. The molecular formula is C9H12N2O2. The third-order valence-electron chi connectivity index (χ3n) is 2.56. The van der Waals surface area contributed by atoms with Gasteiger partial charge in [0.05, 0.1) is 5.92 Å². The van der Waals surface area contributed by atoms with E-state index < -0.39 is 6.03 Å². The van der Waals surface area contributed by atoms with Gasteiger partial charge < -0.3 is 5.32 Å². The van der Waals surface area contributed by atoms with Gasteiger partial charge in [0.1, 0.15) is 0 Å². The third kappa shape index (κ3) is 1.43. The van der Waals surface area contributed by atoms with Crippen molar-refractivity contribution in [3.05, 3.63) is 11.8 Å². The summed E-state index contributed by atoms with van der Waals surface area (Å²) in [6, 6.07) is -0.401. The van der Waals surface area contributed by atoms with E-state index in [2.05, 4.69) is 17.6 Å². The van der Waals surface area contributed by atoms with Gasteiger partial charge in [-0.15, -0.1) is 0 Å². The Hall–Kier alpha value is -1.32. The predicted molar refractivity (Wildman–Crippen MR) is 46.6 cm³/mol. The average molecular weight is 180 g/mol.